The Morgan fingerprint density at radius 2 is 1.73 bits per heavy atom. The van der Waals surface area contributed by atoms with E-state index in [9.17, 15) is 9.59 Å². The molecular formula is C21H36NO6S2+. The van der Waals surface area contributed by atoms with Gasteiger partial charge in [0.1, 0.15) is 13.2 Å². The van der Waals surface area contributed by atoms with Crippen LogP contribution in [0.4, 0.5) is 0 Å². The molecule has 0 aromatic heterocycles. The first-order valence-corrected chi connectivity index (χ1v) is 12.4. The highest BCUT2D eigenvalue weighted by Gasteiger charge is 2.09. The summed E-state index contributed by atoms with van der Waals surface area (Å²) in [6.45, 7) is 3.48. The molecule has 1 aromatic rings. The Balaban J connectivity index is 0.000000456. The lowest BCUT2D eigenvalue weighted by atomic mass is 10.2. The molecule has 0 unspecified atom stereocenters. The number of hydrogen-bond acceptors (Lipinski definition) is 8. The van der Waals surface area contributed by atoms with Gasteiger partial charge in [0.2, 0.25) is 0 Å². The zero-order chi connectivity index (χ0) is 23.0. The van der Waals surface area contributed by atoms with E-state index in [-0.39, 0.29) is 23.0 Å². The maximum absolute atomic E-state index is 11.1. The van der Waals surface area contributed by atoms with E-state index in [2.05, 4.69) is 32.8 Å². The SMILES string of the molecule is C1CSSC1.CCCCC(=O)OCC[N+](C)(C)C.COC(=O)c1ccc(O)c(O)c1. The summed E-state index contributed by atoms with van der Waals surface area (Å²) in [6, 6.07) is 3.73. The zero-order valence-corrected chi connectivity index (χ0v) is 20.3. The normalized spacial score (nSPS) is 12.7. The average Bonchev–Trinajstić information content (AvgIpc) is 3.27. The topological polar surface area (TPSA) is 93.1 Å². The third kappa shape index (κ3) is 15.3. The summed E-state index contributed by atoms with van der Waals surface area (Å²) in [5, 5.41) is 17.9. The first kappa shape index (κ1) is 28.4. The lowest BCUT2D eigenvalue weighted by Gasteiger charge is -2.23. The van der Waals surface area contributed by atoms with Crippen LogP contribution in [0.2, 0.25) is 0 Å². The van der Waals surface area contributed by atoms with Crippen molar-refractivity contribution in [3.8, 4) is 11.5 Å². The second kappa shape index (κ2) is 16.2. The van der Waals surface area contributed by atoms with E-state index < -0.39 is 5.97 Å². The molecule has 7 nitrogen and oxygen atoms in total. The van der Waals surface area contributed by atoms with Gasteiger partial charge in [0.15, 0.2) is 11.5 Å². The van der Waals surface area contributed by atoms with E-state index in [0.29, 0.717) is 13.0 Å². The second-order valence-corrected chi connectivity index (χ2v) is 10.2. The number of carbonyl (C=O) groups excluding carboxylic acids is 2. The quantitative estimate of drug-likeness (QED) is 0.271. The van der Waals surface area contributed by atoms with Crippen molar-refractivity contribution in [2.45, 2.75) is 32.6 Å². The van der Waals surface area contributed by atoms with E-state index in [1.807, 2.05) is 21.6 Å². The molecule has 172 valence electrons. The number of phenols is 2. The second-order valence-electron chi connectivity index (χ2n) is 7.53. The fraction of sp³-hybridized carbons (Fsp3) is 0.619. The van der Waals surface area contributed by atoms with E-state index in [4.69, 9.17) is 14.9 Å². The molecule has 0 amide bonds. The Bertz CT molecular complexity index is 623. The molecule has 1 heterocycles. The Morgan fingerprint density at radius 1 is 1.10 bits per heavy atom. The number of phenolic OH excluding ortho intramolecular Hbond substituents is 2. The van der Waals surface area contributed by atoms with Crippen LogP contribution in [-0.2, 0) is 14.3 Å². The first-order chi connectivity index (χ1) is 14.1. The maximum atomic E-state index is 11.1. The number of likely N-dealkylation sites (N-methyl/N-ethyl adjacent to an activating group) is 1. The van der Waals surface area contributed by atoms with Crippen molar-refractivity contribution < 1.29 is 33.8 Å². The molecule has 1 aliphatic heterocycles. The number of benzene rings is 1. The number of carbonyl (C=O) groups is 2. The van der Waals surface area contributed by atoms with Gasteiger partial charge in [-0.25, -0.2) is 4.79 Å². The third-order valence-electron chi connectivity index (χ3n) is 3.69. The number of unbranched alkanes of at least 4 members (excludes halogenated alkanes) is 1. The number of aromatic hydroxyl groups is 2. The molecular weight excluding hydrogens is 426 g/mol. The summed E-state index contributed by atoms with van der Waals surface area (Å²) >= 11 is 0. The smallest absolute Gasteiger partial charge is 0.337 e. The summed E-state index contributed by atoms with van der Waals surface area (Å²) in [5.74, 6) is 1.55. The van der Waals surface area contributed by atoms with Gasteiger partial charge in [-0.1, -0.05) is 34.9 Å². The molecule has 1 fully saturated rings. The molecule has 0 atom stereocenters. The highest BCUT2D eigenvalue weighted by atomic mass is 33.1. The van der Waals surface area contributed by atoms with E-state index in [1.165, 1.54) is 37.2 Å². The Kier molecular flexibility index (Phi) is 15.3. The van der Waals surface area contributed by atoms with Gasteiger partial charge in [0.05, 0.1) is 33.8 Å². The summed E-state index contributed by atoms with van der Waals surface area (Å²) < 4.78 is 10.3. The summed E-state index contributed by atoms with van der Waals surface area (Å²) in [4.78, 5) is 21.9. The summed E-state index contributed by atoms with van der Waals surface area (Å²) in [5.41, 5.74) is 0.202. The molecule has 1 aromatic carbocycles. The molecule has 0 radical (unpaired) electrons. The van der Waals surface area contributed by atoms with Crippen molar-refractivity contribution in [1.29, 1.82) is 0 Å². The number of hydrogen-bond donors (Lipinski definition) is 2. The Hall–Kier alpha value is -1.58. The van der Waals surface area contributed by atoms with E-state index >= 15 is 0 Å². The Morgan fingerprint density at radius 3 is 2.17 bits per heavy atom. The van der Waals surface area contributed by atoms with E-state index in [1.54, 1.807) is 0 Å². The fourth-order valence-corrected chi connectivity index (χ4v) is 4.25. The minimum Gasteiger partial charge on any atom is -0.504 e. The number of quaternary nitrogens is 1. The van der Waals surface area contributed by atoms with Gasteiger partial charge in [0.25, 0.3) is 0 Å². The third-order valence-corrected chi connectivity index (χ3v) is 6.27. The van der Waals surface area contributed by atoms with Gasteiger partial charge in [-0.3, -0.25) is 4.79 Å². The van der Waals surface area contributed by atoms with Crippen LogP contribution in [0.15, 0.2) is 18.2 Å². The molecule has 1 saturated heterocycles. The van der Waals surface area contributed by atoms with Crippen LogP contribution in [0.25, 0.3) is 0 Å². The molecule has 30 heavy (non-hydrogen) atoms. The average molecular weight is 463 g/mol. The largest absolute Gasteiger partial charge is 0.504 e. The lowest BCUT2D eigenvalue weighted by molar-refractivity contribution is -0.870. The van der Waals surface area contributed by atoms with Crippen LogP contribution in [-0.4, -0.2) is 79.5 Å². The van der Waals surface area contributed by atoms with Crippen molar-refractivity contribution >= 4 is 33.5 Å². The minimum atomic E-state index is -0.551. The summed E-state index contributed by atoms with van der Waals surface area (Å²) in [6.07, 6.45) is 3.97. The van der Waals surface area contributed by atoms with Crippen LogP contribution >= 0.6 is 21.6 Å². The van der Waals surface area contributed by atoms with E-state index in [0.717, 1.165) is 29.9 Å². The highest BCUT2D eigenvalue weighted by molar-refractivity contribution is 8.77. The van der Waals surface area contributed by atoms with Crippen LogP contribution in [0.1, 0.15) is 43.0 Å². The van der Waals surface area contributed by atoms with Crippen LogP contribution < -0.4 is 0 Å². The predicted octanol–water partition coefficient (Wildman–Crippen LogP) is 4.08. The van der Waals surface area contributed by atoms with Gasteiger partial charge in [0, 0.05) is 17.9 Å². The molecule has 9 heteroatoms. The number of nitrogens with zero attached hydrogens (tertiary/aromatic N) is 1. The minimum absolute atomic E-state index is 0.0599. The van der Waals surface area contributed by atoms with Crippen molar-refractivity contribution in [3.63, 3.8) is 0 Å². The van der Waals surface area contributed by atoms with Crippen molar-refractivity contribution in [2.24, 2.45) is 0 Å². The first-order valence-electron chi connectivity index (χ1n) is 9.91. The lowest BCUT2D eigenvalue weighted by Crippen LogP contribution is -2.37. The maximum Gasteiger partial charge on any atom is 0.337 e. The number of rotatable bonds is 7. The standard InChI is InChI=1S/C10H22NO2.C8H8O4.C3H6S2/c1-5-6-7-10(12)13-9-8-11(2,3)4;1-12-8(11)5-2-3-6(9)7(10)4-5;1-2-4-5-3-1/h5-9H2,1-4H3;2-4,9-10H,1H3;1-3H2/q+1;;. The molecule has 0 saturated carbocycles. The van der Waals surface area contributed by atoms with Crippen LogP contribution in [0.5, 0.6) is 11.5 Å². The summed E-state index contributed by atoms with van der Waals surface area (Å²) in [7, 11) is 11.5. The molecule has 0 aliphatic carbocycles. The van der Waals surface area contributed by atoms with Crippen LogP contribution in [0, 0.1) is 0 Å². The molecule has 0 spiro atoms. The molecule has 2 N–H and O–H groups in total. The van der Waals surface area contributed by atoms with Crippen molar-refractivity contribution in [3.05, 3.63) is 23.8 Å². The van der Waals surface area contributed by atoms with Gasteiger partial charge in [-0.2, -0.15) is 0 Å². The molecule has 0 bridgehead atoms. The zero-order valence-electron chi connectivity index (χ0n) is 18.7. The predicted molar refractivity (Wildman–Crippen MR) is 124 cm³/mol. The van der Waals surface area contributed by atoms with Gasteiger partial charge in [-0.15, -0.1) is 0 Å². The van der Waals surface area contributed by atoms with Crippen molar-refractivity contribution in [2.75, 3.05) is 52.9 Å². The molecule has 1 aliphatic rings. The van der Waals surface area contributed by atoms with Crippen LogP contribution in [0.3, 0.4) is 0 Å². The fourth-order valence-electron chi connectivity index (χ4n) is 1.89. The van der Waals surface area contributed by atoms with Gasteiger partial charge in [-0.05, 0) is 31.0 Å². The number of methoxy groups -OCH3 is 1. The number of ether oxygens (including phenoxy) is 2. The molecule has 2 rings (SSSR count). The highest BCUT2D eigenvalue weighted by Crippen LogP contribution is 2.29. The van der Waals surface area contributed by atoms with Crippen molar-refractivity contribution in [1.82, 2.24) is 0 Å². The Labute approximate surface area is 188 Å². The number of esters is 2. The van der Waals surface area contributed by atoms with Gasteiger partial charge < -0.3 is 24.2 Å². The van der Waals surface area contributed by atoms with Gasteiger partial charge >= 0.3 is 11.9 Å². The monoisotopic (exact) mass is 462 g/mol.